The van der Waals surface area contributed by atoms with Gasteiger partial charge in [-0.25, -0.2) is 8.42 Å². The Bertz CT molecular complexity index is 469. The minimum atomic E-state index is -3.10. The molecule has 0 spiro atoms. The standard InChI is InChI=1S/C10H17N3O2S/c1-10(2,16(3,14)15)7-13-9-4-5-12-6-8(9)11/h4-6H,7,11H2,1-3H3,(H,12,13). The quantitative estimate of drug-likeness (QED) is 0.820. The minimum Gasteiger partial charge on any atom is -0.396 e. The number of hydrogen-bond donors (Lipinski definition) is 2. The molecule has 0 aromatic carbocycles. The normalized spacial score (nSPS) is 12.4. The number of anilines is 2. The Balaban J connectivity index is 2.77. The van der Waals surface area contributed by atoms with E-state index in [1.54, 1.807) is 26.1 Å². The fraction of sp³-hybridized carbons (Fsp3) is 0.500. The maximum absolute atomic E-state index is 11.5. The van der Waals surface area contributed by atoms with Gasteiger partial charge in [0.2, 0.25) is 0 Å². The van der Waals surface area contributed by atoms with Crippen molar-refractivity contribution in [1.82, 2.24) is 4.98 Å². The van der Waals surface area contributed by atoms with Crippen LogP contribution in [0.25, 0.3) is 0 Å². The summed E-state index contributed by atoms with van der Waals surface area (Å²) in [5.41, 5.74) is 6.89. The average Bonchev–Trinajstić information content (AvgIpc) is 2.15. The molecule has 0 aliphatic heterocycles. The van der Waals surface area contributed by atoms with Crippen LogP contribution in [0.3, 0.4) is 0 Å². The van der Waals surface area contributed by atoms with Crippen molar-refractivity contribution >= 4 is 21.2 Å². The van der Waals surface area contributed by atoms with E-state index in [4.69, 9.17) is 5.73 Å². The van der Waals surface area contributed by atoms with Crippen molar-refractivity contribution in [3.05, 3.63) is 18.5 Å². The highest BCUT2D eigenvalue weighted by Gasteiger charge is 2.29. The van der Waals surface area contributed by atoms with Gasteiger partial charge in [0.05, 0.1) is 22.3 Å². The zero-order valence-corrected chi connectivity index (χ0v) is 10.5. The van der Waals surface area contributed by atoms with Gasteiger partial charge in [-0.05, 0) is 19.9 Å². The van der Waals surface area contributed by atoms with Crippen LogP contribution < -0.4 is 11.1 Å². The molecule has 0 bridgehead atoms. The third-order valence-electron chi connectivity index (χ3n) is 2.56. The van der Waals surface area contributed by atoms with Crippen molar-refractivity contribution in [2.24, 2.45) is 0 Å². The molecule has 5 nitrogen and oxygen atoms in total. The monoisotopic (exact) mass is 243 g/mol. The van der Waals surface area contributed by atoms with E-state index in [0.717, 1.165) is 0 Å². The molecule has 0 radical (unpaired) electrons. The van der Waals surface area contributed by atoms with Crippen LogP contribution in [-0.2, 0) is 9.84 Å². The summed E-state index contributed by atoms with van der Waals surface area (Å²) in [5.74, 6) is 0. The van der Waals surface area contributed by atoms with Gasteiger partial charge < -0.3 is 11.1 Å². The Morgan fingerprint density at radius 1 is 1.50 bits per heavy atom. The summed E-state index contributed by atoms with van der Waals surface area (Å²) in [6, 6.07) is 1.72. The SMILES string of the molecule is CC(C)(CNc1ccncc1N)S(C)(=O)=O. The maximum Gasteiger partial charge on any atom is 0.154 e. The molecule has 0 fully saturated rings. The van der Waals surface area contributed by atoms with Crippen LogP contribution in [0.15, 0.2) is 18.5 Å². The minimum absolute atomic E-state index is 0.306. The lowest BCUT2D eigenvalue weighted by Gasteiger charge is -2.23. The number of hydrogen-bond acceptors (Lipinski definition) is 5. The van der Waals surface area contributed by atoms with E-state index in [-0.39, 0.29) is 0 Å². The molecule has 16 heavy (non-hydrogen) atoms. The second-order valence-corrected chi connectivity index (χ2v) is 7.00. The topological polar surface area (TPSA) is 85.1 Å². The molecular weight excluding hydrogens is 226 g/mol. The van der Waals surface area contributed by atoms with Crippen LogP contribution in [-0.4, -0.2) is 30.9 Å². The van der Waals surface area contributed by atoms with Crippen LogP contribution in [0.1, 0.15) is 13.8 Å². The van der Waals surface area contributed by atoms with Crippen LogP contribution in [0.5, 0.6) is 0 Å². The van der Waals surface area contributed by atoms with Gasteiger partial charge in [-0.3, -0.25) is 4.98 Å². The van der Waals surface area contributed by atoms with Crippen molar-refractivity contribution < 1.29 is 8.42 Å². The van der Waals surface area contributed by atoms with Gasteiger partial charge in [0, 0.05) is 19.0 Å². The van der Waals surface area contributed by atoms with E-state index in [1.807, 2.05) is 0 Å². The molecule has 3 N–H and O–H groups in total. The zero-order chi connectivity index (χ0) is 12.4. The lowest BCUT2D eigenvalue weighted by molar-refractivity contribution is 0.560. The average molecular weight is 243 g/mol. The molecule has 90 valence electrons. The highest BCUT2D eigenvalue weighted by atomic mass is 32.2. The molecule has 1 rings (SSSR count). The number of aromatic nitrogens is 1. The van der Waals surface area contributed by atoms with Crippen molar-refractivity contribution in [2.75, 3.05) is 23.9 Å². The summed E-state index contributed by atoms with van der Waals surface area (Å²) < 4.78 is 22.1. The summed E-state index contributed by atoms with van der Waals surface area (Å²) in [4.78, 5) is 3.85. The first-order valence-corrected chi connectivity index (χ1v) is 6.76. The van der Waals surface area contributed by atoms with Gasteiger partial charge in [0.15, 0.2) is 9.84 Å². The highest BCUT2D eigenvalue weighted by molar-refractivity contribution is 7.92. The molecule has 1 heterocycles. The van der Waals surface area contributed by atoms with E-state index in [2.05, 4.69) is 10.3 Å². The zero-order valence-electron chi connectivity index (χ0n) is 9.69. The van der Waals surface area contributed by atoms with E-state index in [1.165, 1.54) is 12.5 Å². The van der Waals surface area contributed by atoms with E-state index in [0.29, 0.717) is 17.9 Å². The summed E-state index contributed by atoms with van der Waals surface area (Å²) in [5, 5.41) is 3.02. The molecule has 1 aromatic heterocycles. The molecule has 0 saturated carbocycles. The van der Waals surface area contributed by atoms with E-state index < -0.39 is 14.6 Å². The number of nitrogens with one attached hydrogen (secondary N) is 1. The molecule has 0 atom stereocenters. The van der Waals surface area contributed by atoms with Gasteiger partial charge in [-0.1, -0.05) is 0 Å². The first kappa shape index (κ1) is 12.8. The van der Waals surface area contributed by atoms with Crippen molar-refractivity contribution in [2.45, 2.75) is 18.6 Å². The Labute approximate surface area is 96.0 Å². The van der Waals surface area contributed by atoms with Gasteiger partial charge in [-0.15, -0.1) is 0 Å². The number of rotatable bonds is 4. The number of pyridine rings is 1. The second-order valence-electron chi connectivity index (χ2n) is 4.35. The molecular formula is C10H17N3O2S. The Morgan fingerprint density at radius 3 is 2.62 bits per heavy atom. The largest absolute Gasteiger partial charge is 0.396 e. The number of nitrogens with zero attached hydrogens (tertiary/aromatic N) is 1. The molecule has 0 aliphatic rings. The van der Waals surface area contributed by atoms with Gasteiger partial charge in [0.25, 0.3) is 0 Å². The molecule has 0 unspecified atom stereocenters. The lowest BCUT2D eigenvalue weighted by atomic mass is 10.2. The Kier molecular flexibility index (Phi) is 3.42. The van der Waals surface area contributed by atoms with Crippen molar-refractivity contribution in [3.63, 3.8) is 0 Å². The van der Waals surface area contributed by atoms with Crippen LogP contribution in [0.4, 0.5) is 11.4 Å². The fourth-order valence-electron chi connectivity index (χ4n) is 1.01. The molecule has 1 aromatic rings. The third-order valence-corrected chi connectivity index (χ3v) is 4.71. The van der Waals surface area contributed by atoms with Gasteiger partial charge in [-0.2, -0.15) is 0 Å². The van der Waals surface area contributed by atoms with Gasteiger partial charge in [0.1, 0.15) is 0 Å². The van der Waals surface area contributed by atoms with Crippen LogP contribution in [0.2, 0.25) is 0 Å². The third kappa shape index (κ3) is 2.85. The number of nitrogens with two attached hydrogens (primary N) is 1. The first-order valence-electron chi connectivity index (χ1n) is 4.87. The second kappa shape index (κ2) is 4.29. The van der Waals surface area contributed by atoms with Crippen LogP contribution >= 0.6 is 0 Å². The molecule has 0 amide bonds. The Hall–Kier alpha value is -1.30. The molecule has 6 heteroatoms. The Morgan fingerprint density at radius 2 is 2.12 bits per heavy atom. The van der Waals surface area contributed by atoms with Crippen molar-refractivity contribution in [3.8, 4) is 0 Å². The van der Waals surface area contributed by atoms with E-state index >= 15 is 0 Å². The van der Waals surface area contributed by atoms with E-state index in [9.17, 15) is 8.42 Å². The summed E-state index contributed by atoms with van der Waals surface area (Å²) in [6.45, 7) is 3.65. The predicted octanol–water partition coefficient (Wildman–Crippen LogP) is 0.899. The van der Waals surface area contributed by atoms with Gasteiger partial charge >= 0.3 is 0 Å². The molecule has 0 saturated heterocycles. The lowest BCUT2D eigenvalue weighted by Crippen LogP contribution is -2.38. The highest BCUT2D eigenvalue weighted by Crippen LogP contribution is 2.19. The summed E-state index contributed by atoms with van der Waals surface area (Å²) >= 11 is 0. The van der Waals surface area contributed by atoms with Crippen molar-refractivity contribution in [1.29, 1.82) is 0 Å². The summed E-state index contributed by atoms with van der Waals surface area (Å²) in [7, 11) is -3.10. The first-order chi connectivity index (χ1) is 7.24. The maximum atomic E-state index is 11.5. The fourth-order valence-corrected chi connectivity index (χ4v) is 1.34. The molecule has 0 aliphatic carbocycles. The smallest absolute Gasteiger partial charge is 0.154 e. The predicted molar refractivity (Wildman–Crippen MR) is 66.1 cm³/mol. The summed E-state index contributed by atoms with van der Waals surface area (Å²) in [6.07, 6.45) is 4.35. The van der Waals surface area contributed by atoms with Crippen LogP contribution in [0, 0.1) is 0 Å². The number of nitrogen functional groups attached to an aromatic ring is 1. The number of sulfone groups is 1.